The summed E-state index contributed by atoms with van der Waals surface area (Å²) < 4.78 is 0. The van der Waals surface area contributed by atoms with Crippen LogP contribution < -0.4 is 5.32 Å². The van der Waals surface area contributed by atoms with Crippen LogP contribution in [-0.4, -0.2) is 47.7 Å². The molecule has 0 aromatic heterocycles. The van der Waals surface area contributed by atoms with Crippen LogP contribution in [0, 0.1) is 5.92 Å². The van der Waals surface area contributed by atoms with Crippen LogP contribution >= 0.6 is 0 Å². The first-order chi connectivity index (χ1) is 9.10. The van der Waals surface area contributed by atoms with E-state index in [0.717, 1.165) is 18.8 Å². The first-order valence-corrected chi connectivity index (χ1v) is 7.79. The molecular formula is C15H28N2O2. The van der Waals surface area contributed by atoms with Crippen molar-refractivity contribution in [3.8, 4) is 0 Å². The molecule has 1 atom stereocenters. The Kier molecular flexibility index (Phi) is 5.22. The van der Waals surface area contributed by atoms with Crippen molar-refractivity contribution in [1.82, 2.24) is 10.2 Å². The van der Waals surface area contributed by atoms with E-state index in [2.05, 4.69) is 24.2 Å². The molecule has 4 heteroatoms. The van der Waals surface area contributed by atoms with Gasteiger partial charge < -0.3 is 15.3 Å². The van der Waals surface area contributed by atoms with Gasteiger partial charge in [-0.1, -0.05) is 13.3 Å². The summed E-state index contributed by atoms with van der Waals surface area (Å²) in [5.41, 5.74) is 0. The minimum absolute atomic E-state index is 0.401. The van der Waals surface area contributed by atoms with E-state index in [1.807, 2.05) is 0 Å². The Morgan fingerprint density at radius 1 is 1.26 bits per heavy atom. The van der Waals surface area contributed by atoms with Crippen molar-refractivity contribution in [1.29, 1.82) is 0 Å². The summed E-state index contributed by atoms with van der Waals surface area (Å²) in [6, 6.07) is 0.623. The summed E-state index contributed by atoms with van der Waals surface area (Å²) in [5, 5.41) is 12.5. The molecule has 2 N–H and O–H groups in total. The first kappa shape index (κ1) is 14.8. The molecule has 0 amide bonds. The van der Waals surface area contributed by atoms with E-state index in [-0.39, 0.29) is 0 Å². The number of carboxylic acid groups (broad SMARTS) is 1. The highest BCUT2D eigenvalue weighted by Crippen LogP contribution is 2.29. The van der Waals surface area contributed by atoms with Gasteiger partial charge in [-0.2, -0.15) is 0 Å². The quantitative estimate of drug-likeness (QED) is 0.742. The van der Waals surface area contributed by atoms with Crippen LogP contribution in [0.4, 0.5) is 0 Å². The van der Waals surface area contributed by atoms with Crippen LogP contribution in [0.25, 0.3) is 0 Å². The Morgan fingerprint density at radius 3 is 2.37 bits per heavy atom. The van der Waals surface area contributed by atoms with Crippen molar-refractivity contribution in [2.45, 2.75) is 70.0 Å². The number of hydrogen-bond donors (Lipinski definition) is 2. The summed E-state index contributed by atoms with van der Waals surface area (Å²) in [6.45, 7) is 2.90. The van der Waals surface area contributed by atoms with Crippen LogP contribution in [0.1, 0.15) is 51.9 Å². The van der Waals surface area contributed by atoms with E-state index in [9.17, 15) is 9.90 Å². The Labute approximate surface area is 116 Å². The molecule has 2 fully saturated rings. The predicted molar refractivity (Wildman–Crippen MR) is 76.2 cm³/mol. The average molecular weight is 268 g/mol. The third kappa shape index (κ3) is 4.46. The molecule has 0 heterocycles. The lowest BCUT2D eigenvalue weighted by molar-refractivity contribution is -0.140. The zero-order valence-electron chi connectivity index (χ0n) is 12.3. The highest BCUT2D eigenvalue weighted by Gasteiger charge is 2.31. The van der Waals surface area contributed by atoms with E-state index in [1.54, 1.807) is 0 Å². The average Bonchev–Trinajstić information content (AvgIpc) is 3.22. The highest BCUT2D eigenvalue weighted by atomic mass is 16.4. The van der Waals surface area contributed by atoms with Crippen molar-refractivity contribution in [3.63, 3.8) is 0 Å². The van der Waals surface area contributed by atoms with E-state index in [0.29, 0.717) is 18.6 Å². The molecule has 19 heavy (non-hydrogen) atoms. The van der Waals surface area contributed by atoms with Crippen molar-refractivity contribution in [2.24, 2.45) is 5.92 Å². The Bertz CT molecular complexity index is 297. The molecule has 2 saturated carbocycles. The summed E-state index contributed by atoms with van der Waals surface area (Å²) in [6.07, 6.45) is 8.62. The highest BCUT2D eigenvalue weighted by molar-refractivity contribution is 5.73. The van der Waals surface area contributed by atoms with E-state index < -0.39 is 12.0 Å². The third-order valence-electron chi connectivity index (χ3n) is 4.80. The molecule has 2 rings (SSSR count). The topological polar surface area (TPSA) is 52.6 Å². The zero-order valence-corrected chi connectivity index (χ0v) is 12.3. The minimum Gasteiger partial charge on any atom is -0.480 e. The fourth-order valence-electron chi connectivity index (χ4n) is 3.17. The molecule has 0 spiro atoms. The molecular weight excluding hydrogens is 240 g/mol. The second-order valence-corrected chi connectivity index (χ2v) is 6.35. The summed E-state index contributed by atoms with van der Waals surface area (Å²) in [7, 11) is 2.08. The molecule has 1 unspecified atom stereocenters. The van der Waals surface area contributed by atoms with Crippen LogP contribution in [0.2, 0.25) is 0 Å². The van der Waals surface area contributed by atoms with E-state index in [4.69, 9.17) is 0 Å². The van der Waals surface area contributed by atoms with Gasteiger partial charge in [0.2, 0.25) is 0 Å². The van der Waals surface area contributed by atoms with Crippen molar-refractivity contribution < 1.29 is 9.90 Å². The third-order valence-corrected chi connectivity index (χ3v) is 4.80. The van der Waals surface area contributed by atoms with Crippen molar-refractivity contribution in [3.05, 3.63) is 0 Å². The molecule has 2 aliphatic rings. The number of hydrogen-bond acceptors (Lipinski definition) is 3. The summed E-state index contributed by atoms with van der Waals surface area (Å²) in [4.78, 5) is 13.6. The lowest BCUT2D eigenvalue weighted by atomic mass is 9.84. The molecule has 110 valence electrons. The molecule has 0 radical (unpaired) electrons. The molecule has 4 nitrogen and oxygen atoms in total. The molecule has 0 bridgehead atoms. The lowest BCUT2D eigenvalue weighted by Crippen LogP contribution is -2.49. The SMILES string of the molecule is CCC1CCC(N(C)CC(NC2CC2)C(=O)O)CC1. The Hall–Kier alpha value is -0.610. The number of aliphatic carboxylic acids is 1. The van der Waals surface area contributed by atoms with Crippen molar-refractivity contribution in [2.75, 3.05) is 13.6 Å². The van der Waals surface area contributed by atoms with Crippen LogP contribution in [0.3, 0.4) is 0 Å². The fourth-order valence-corrected chi connectivity index (χ4v) is 3.17. The number of likely N-dealkylation sites (N-methyl/N-ethyl adjacent to an activating group) is 1. The van der Waals surface area contributed by atoms with Gasteiger partial charge in [-0.3, -0.25) is 4.79 Å². The van der Waals surface area contributed by atoms with Gasteiger partial charge >= 0.3 is 5.97 Å². The minimum atomic E-state index is -0.707. The van der Waals surface area contributed by atoms with Crippen LogP contribution in [0.5, 0.6) is 0 Å². The van der Waals surface area contributed by atoms with Gasteiger partial charge in [0, 0.05) is 18.6 Å². The van der Waals surface area contributed by atoms with E-state index in [1.165, 1.54) is 32.1 Å². The van der Waals surface area contributed by atoms with Gasteiger partial charge in [0.05, 0.1) is 0 Å². The largest absolute Gasteiger partial charge is 0.480 e. The van der Waals surface area contributed by atoms with Gasteiger partial charge in [0.1, 0.15) is 6.04 Å². The maximum Gasteiger partial charge on any atom is 0.322 e. The van der Waals surface area contributed by atoms with Crippen LogP contribution in [0.15, 0.2) is 0 Å². The fraction of sp³-hybridized carbons (Fsp3) is 0.933. The molecule has 0 aromatic rings. The number of carboxylic acids is 1. The lowest BCUT2D eigenvalue weighted by Gasteiger charge is -2.35. The Balaban J connectivity index is 1.78. The normalized spacial score (nSPS) is 29.4. The summed E-state index contributed by atoms with van der Waals surface area (Å²) in [5.74, 6) is 0.186. The van der Waals surface area contributed by atoms with E-state index >= 15 is 0 Å². The predicted octanol–water partition coefficient (Wildman–Crippen LogP) is 2.09. The number of carbonyl (C=O) groups is 1. The smallest absolute Gasteiger partial charge is 0.322 e. The Morgan fingerprint density at radius 2 is 1.89 bits per heavy atom. The number of rotatable bonds is 7. The van der Waals surface area contributed by atoms with Gasteiger partial charge in [-0.25, -0.2) is 0 Å². The standard InChI is InChI=1S/C15H28N2O2/c1-3-11-4-8-13(9-5-11)17(2)10-14(15(18)19)16-12-6-7-12/h11-14,16H,3-10H2,1-2H3,(H,18,19). The zero-order chi connectivity index (χ0) is 13.8. The van der Waals surface area contributed by atoms with Crippen LogP contribution in [-0.2, 0) is 4.79 Å². The monoisotopic (exact) mass is 268 g/mol. The maximum atomic E-state index is 11.3. The second-order valence-electron chi connectivity index (χ2n) is 6.35. The number of nitrogens with zero attached hydrogens (tertiary/aromatic N) is 1. The molecule has 0 saturated heterocycles. The van der Waals surface area contributed by atoms with Gasteiger partial charge in [-0.05, 0) is 51.5 Å². The second kappa shape index (κ2) is 6.71. The van der Waals surface area contributed by atoms with Crippen molar-refractivity contribution >= 4 is 5.97 Å². The van der Waals surface area contributed by atoms with Gasteiger partial charge in [-0.15, -0.1) is 0 Å². The molecule has 0 aromatic carbocycles. The van der Waals surface area contributed by atoms with Gasteiger partial charge in [0.25, 0.3) is 0 Å². The van der Waals surface area contributed by atoms with Gasteiger partial charge in [0.15, 0.2) is 0 Å². The number of nitrogens with one attached hydrogen (secondary N) is 1. The molecule has 2 aliphatic carbocycles. The maximum absolute atomic E-state index is 11.3. The first-order valence-electron chi connectivity index (χ1n) is 7.79. The summed E-state index contributed by atoms with van der Waals surface area (Å²) >= 11 is 0. The molecule has 0 aliphatic heterocycles.